The zero-order chi connectivity index (χ0) is 10.8. The first-order valence-electron chi connectivity index (χ1n) is 5.10. The smallest absolute Gasteiger partial charge is 0.164 e. The number of hydrogen-bond donors (Lipinski definition) is 0. The van der Waals surface area contributed by atoms with Crippen LogP contribution in [-0.4, -0.2) is 19.0 Å². The van der Waals surface area contributed by atoms with Gasteiger partial charge in [-0.05, 0) is 26.0 Å². The van der Waals surface area contributed by atoms with Gasteiger partial charge in [0, 0.05) is 17.5 Å². The third kappa shape index (κ3) is 1.82. The fourth-order valence-corrected chi connectivity index (χ4v) is 1.76. The molecule has 15 heavy (non-hydrogen) atoms. The van der Waals surface area contributed by atoms with Crippen molar-refractivity contribution in [3.05, 3.63) is 23.3 Å². The molecule has 1 heterocycles. The second-order valence-corrected chi connectivity index (χ2v) is 3.67. The van der Waals surface area contributed by atoms with E-state index in [2.05, 4.69) is 0 Å². The van der Waals surface area contributed by atoms with Crippen molar-refractivity contribution in [2.24, 2.45) is 0 Å². The maximum absolute atomic E-state index is 11.3. The SMILES string of the molecule is CC(=O)c1ccc2c(c1C)OCCCO2. The van der Waals surface area contributed by atoms with Crippen molar-refractivity contribution < 1.29 is 14.3 Å². The Morgan fingerprint density at radius 1 is 1.27 bits per heavy atom. The average molecular weight is 206 g/mol. The average Bonchev–Trinajstić information content (AvgIpc) is 2.43. The zero-order valence-corrected chi connectivity index (χ0v) is 9.00. The van der Waals surface area contributed by atoms with Gasteiger partial charge in [-0.25, -0.2) is 0 Å². The highest BCUT2D eigenvalue weighted by Crippen LogP contribution is 2.34. The number of benzene rings is 1. The Balaban J connectivity index is 2.50. The van der Waals surface area contributed by atoms with E-state index in [0.29, 0.717) is 18.8 Å². The molecular weight excluding hydrogens is 192 g/mol. The molecule has 0 amide bonds. The Morgan fingerprint density at radius 2 is 2.00 bits per heavy atom. The third-order valence-corrected chi connectivity index (χ3v) is 2.54. The lowest BCUT2D eigenvalue weighted by molar-refractivity contribution is 0.101. The summed E-state index contributed by atoms with van der Waals surface area (Å²) in [6.45, 7) is 4.78. The predicted octanol–water partition coefficient (Wildman–Crippen LogP) is 2.36. The monoisotopic (exact) mass is 206 g/mol. The number of rotatable bonds is 1. The van der Waals surface area contributed by atoms with Crippen LogP contribution in [0.4, 0.5) is 0 Å². The molecular formula is C12H14O3. The van der Waals surface area contributed by atoms with Crippen molar-refractivity contribution >= 4 is 5.78 Å². The molecule has 1 aromatic rings. The van der Waals surface area contributed by atoms with Crippen molar-refractivity contribution in [1.82, 2.24) is 0 Å². The van der Waals surface area contributed by atoms with E-state index >= 15 is 0 Å². The van der Waals surface area contributed by atoms with Crippen molar-refractivity contribution in [1.29, 1.82) is 0 Å². The lowest BCUT2D eigenvalue weighted by atomic mass is 10.0. The van der Waals surface area contributed by atoms with Crippen LogP contribution in [0, 0.1) is 6.92 Å². The second kappa shape index (κ2) is 3.93. The van der Waals surface area contributed by atoms with Gasteiger partial charge in [-0.15, -0.1) is 0 Å². The molecule has 0 N–H and O–H groups in total. The van der Waals surface area contributed by atoms with Crippen LogP contribution in [0.5, 0.6) is 11.5 Å². The van der Waals surface area contributed by atoms with Gasteiger partial charge in [0.15, 0.2) is 17.3 Å². The number of ketones is 1. The molecule has 0 aromatic heterocycles. The molecule has 2 rings (SSSR count). The highest BCUT2D eigenvalue weighted by Gasteiger charge is 2.16. The molecule has 3 nitrogen and oxygen atoms in total. The minimum Gasteiger partial charge on any atom is -0.490 e. The first-order valence-corrected chi connectivity index (χ1v) is 5.10. The van der Waals surface area contributed by atoms with Crippen molar-refractivity contribution in [2.75, 3.05) is 13.2 Å². The van der Waals surface area contributed by atoms with E-state index in [1.807, 2.05) is 13.0 Å². The third-order valence-electron chi connectivity index (χ3n) is 2.54. The summed E-state index contributed by atoms with van der Waals surface area (Å²) in [7, 11) is 0. The normalized spacial score (nSPS) is 14.5. The predicted molar refractivity (Wildman–Crippen MR) is 56.8 cm³/mol. The second-order valence-electron chi connectivity index (χ2n) is 3.67. The quantitative estimate of drug-likeness (QED) is 0.662. The molecule has 0 atom stereocenters. The number of Topliss-reactive ketones (excluding diaryl/α,β-unsaturated/α-hetero) is 1. The first kappa shape index (κ1) is 10.0. The van der Waals surface area contributed by atoms with E-state index in [0.717, 1.165) is 23.5 Å². The van der Waals surface area contributed by atoms with Crippen molar-refractivity contribution in [3.8, 4) is 11.5 Å². The summed E-state index contributed by atoms with van der Waals surface area (Å²) in [5.41, 5.74) is 1.58. The Morgan fingerprint density at radius 3 is 2.73 bits per heavy atom. The van der Waals surface area contributed by atoms with E-state index in [1.54, 1.807) is 13.0 Å². The molecule has 0 unspecified atom stereocenters. The molecule has 80 valence electrons. The highest BCUT2D eigenvalue weighted by molar-refractivity contribution is 5.96. The lowest BCUT2D eigenvalue weighted by Crippen LogP contribution is -2.01. The summed E-state index contributed by atoms with van der Waals surface area (Å²) in [5, 5.41) is 0. The van der Waals surface area contributed by atoms with Crippen LogP contribution in [0.2, 0.25) is 0 Å². The summed E-state index contributed by atoms with van der Waals surface area (Å²) in [6.07, 6.45) is 0.878. The van der Waals surface area contributed by atoms with Crippen LogP contribution in [0.25, 0.3) is 0 Å². The zero-order valence-electron chi connectivity index (χ0n) is 9.00. The number of fused-ring (bicyclic) bond motifs is 1. The Labute approximate surface area is 89.0 Å². The van der Waals surface area contributed by atoms with Crippen LogP contribution in [-0.2, 0) is 0 Å². The Hall–Kier alpha value is -1.51. The molecule has 0 saturated carbocycles. The molecule has 3 heteroatoms. The van der Waals surface area contributed by atoms with Gasteiger partial charge in [-0.3, -0.25) is 4.79 Å². The molecule has 1 aliphatic heterocycles. The van der Waals surface area contributed by atoms with E-state index < -0.39 is 0 Å². The van der Waals surface area contributed by atoms with Crippen LogP contribution >= 0.6 is 0 Å². The van der Waals surface area contributed by atoms with Gasteiger partial charge in [0.2, 0.25) is 0 Å². The molecule has 0 aliphatic carbocycles. The molecule has 0 saturated heterocycles. The van der Waals surface area contributed by atoms with E-state index in [9.17, 15) is 4.79 Å². The minimum atomic E-state index is 0.0585. The lowest BCUT2D eigenvalue weighted by Gasteiger charge is -2.12. The Kier molecular flexibility index (Phi) is 2.62. The van der Waals surface area contributed by atoms with Gasteiger partial charge in [0.25, 0.3) is 0 Å². The van der Waals surface area contributed by atoms with Crippen LogP contribution in [0.3, 0.4) is 0 Å². The Bertz CT molecular complexity index is 396. The van der Waals surface area contributed by atoms with Gasteiger partial charge < -0.3 is 9.47 Å². The molecule has 0 radical (unpaired) electrons. The first-order chi connectivity index (χ1) is 7.20. The number of carbonyl (C=O) groups excluding carboxylic acids is 1. The maximum atomic E-state index is 11.3. The van der Waals surface area contributed by atoms with Gasteiger partial charge in [0.1, 0.15) is 0 Å². The summed E-state index contributed by atoms with van der Waals surface area (Å²) >= 11 is 0. The van der Waals surface area contributed by atoms with Gasteiger partial charge in [-0.2, -0.15) is 0 Å². The summed E-state index contributed by atoms with van der Waals surface area (Å²) in [5.74, 6) is 1.53. The molecule has 0 fully saturated rings. The molecule has 1 aromatic carbocycles. The van der Waals surface area contributed by atoms with Gasteiger partial charge in [-0.1, -0.05) is 0 Å². The van der Waals surface area contributed by atoms with Crippen LogP contribution < -0.4 is 9.47 Å². The van der Waals surface area contributed by atoms with E-state index in [4.69, 9.17) is 9.47 Å². The minimum absolute atomic E-state index is 0.0585. The topological polar surface area (TPSA) is 35.5 Å². The summed E-state index contributed by atoms with van der Waals surface area (Å²) in [6, 6.07) is 3.61. The van der Waals surface area contributed by atoms with E-state index in [1.165, 1.54) is 0 Å². The summed E-state index contributed by atoms with van der Waals surface area (Å²) < 4.78 is 11.1. The molecule has 0 bridgehead atoms. The molecule has 0 spiro atoms. The molecule has 1 aliphatic rings. The van der Waals surface area contributed by atoms with Gasteiger partial charge >= 0.3 is 0 Å². The number of carbonyl (C=O) groups is 1. The largest absolute Gasteiger partial charge is 0.490 e. The fourth-order valence-electron chi connectivity index (χ4n) is 1.76. The maximum Gasteiger partial charge on any atom is 0.164 e. The van der Waals surface area contributed by atoms with Crippen LogP contribution in [0.15, 0.2) is 12.1 Å². The van der Waals surface area contributed by atoms with Crippen LogP contribution in [0.1, 0.15) is 29.3 Å². The summed E-state index contributed by atoms with van der Waals surface area (Å²) in [4.78, 5) is 11.3. The standard InChI is InChI=1S/C12H14O3/c1-8-10(9(2)13)4-5-11-12(8)15-7-3-6-14-11/h4-5H,3,6-7H2,1-2H3. The fraction of sp³-hybridized carbons (Fsp3) is 0.417. The number of ether oxygens (including phenoxy) is 2. The van der Waals surface area contributed by atoms with E-state index in [-0.39, 0.29) is 5.78 Å². The van der Waals surface area contributed by atoms with Crippen molar-refractivity contribution in [3.63, 3.8) is 0 Å². The van der Waals surface area contributed by atoms with Crippen molar-refractivity contribution in [2.45, 2.75) is 20.3 Å². The van der Waals surface area contributed by atoms with Gasteiger partial charge in [0.05, 0.1) is 13.2 Å². The number of hydrogen-bond acceptors (Lipinski definition) is 3. The highest BCUT2D eigenvalue weighted by atomic mass is 16.5.